The highest BCUT2D eigenvalue weighted by Crippen LogP contribution is 2.39. The summed E-state index contributed by atoms with van der Waals surface area (Å²) in [4.78, 5) is 36.9. The fraction of sp³-hybridized carbons (Fsp3) is 0.889. The molecule has 2 rings (SSSR count). The third kappa shape index (κ3) is 10.2. The minimum atomic E-state index is -2.70. The number of aliphatic hydroxyl groups is 6. The molecule has 44 heavy (non-hydrogen) atoms. The second-order valence-electron chi connectivity index (χ2n) is 11.1. The van der Waals surface area contributed by atoms with Crippen LogP contribution in [0.4, 0.5) is 4.79 Å². The summed E-state index contributed by atoms with van der Waals surface area (Å²) in [6.07, 6.45) is -12.4. The molecule has 1 aliphatic carbocycles. The number of amides is 1. The average Bonchev–Trinajstić information content (AvgIpc) is 3.00. The molecule has 1 heterocycles. The highest BCUT2D eigenvalue weighted by molar-refractivity contribution is 5.84. The smallest absolute Gasteiger partial charge is 0.407 e. The molecule has 11 atom stereocenters. The lowest BCUT2D eigenvalue weighted by atomic mass is 9.76. The normalized spacial score (nSPS) is 33.8. The Hall–Kier alpha value is -2.03. The molecule has 7 N–H and O–H groups in total. The Morgan fingerprint density at radius 3 is 2.36 bits per heavy atom. The lowest BCUT2D eigenvalue weighted by molar-refractivity contribution is -0.387. The first-order chi connectivity index (χ1) is 20.8. The number of hydrogen-bond acceptors (Lipinski definition) is 16. The van der Waals surface area contributed by atoms with Crippen molar-refractivity contribution in [1.29, 1.82) is 0 Å². The van der Waals surface area contributed by atoms with Gasteiger partial charge < -0.3 is 74.3 Å². The number of ether oxygens (including phenoxy) is 6. The molecule has 17 nitrogen and oxygen atoms in total. The highest BCUT2D eigenvalue weighted by atomic mass is 16.7. The molecule has 1 aliphatic heterocycles. The summed E-state index contributed by atoms with van der Waals surface area (Å²) in [5, 5.41) is 76.8. The molecule has 2 fully saturated rings. The van der Waals surface area contributed by atoms with Gasteiger partial charge in [-0.25, -0.2) is 4.79 Å². The van der Waals surface area contributed by atoms with Gasteiger partial charge in [-0.3, -0.25) is 4.79 Å². The molecule has 0 spiro atoms. The SMILES string of the molecule is COCCOCCOC(=O)NCC(=O)CC1C(O)CC(OCC2CC(OC)C(C)C(O)C2O)(C(=O)[O-])OC1[C@H](O)[C@H](O)CO. The fourth-order valence-electron chi connectivity index (χ4n) is 5.36. The summed E-state index contributed by atoms with van der Waals surface area (Å²) in [7, 11) is 2.93. The van der Waals surface area contributed by atoms with E-state index in [2.05, 4.69) is 5.32 Å². The summed E-state index contributed by atoms with van der Waals surface area (Å²) < 4.78 is 31.4. The number of rotatable bonds is 18. The Balaban J connectivity index is 2.10. The number of carbonyl (C=O) groups is 3. The lowest BCUT2D eigenvalue weighted by Gasteiger charge is -2.49. The van der Waals surface area contributed by atoms with Crippen LogP contribution in [0.2, 0.25) is 0 Å². The zero-order valence-corrected chi connectivity index (χ0v) is 25.1. The van der Waals surface area contributed by atoms with Crippen LogP contribution in [0.1, 0.15) is 26.2 Å². The van der Waals surface area contributed by atoms with Gasteiger partial charge in [0, 0.05) is 44.8 Å². The zero-order chi connectivity index (χ0) is 33.0. The van der Waals surface area contributed by atoms with Crippen LogP contribution >= 0.6 is 0 Å². The van der Waals surface area contributed by atoms with E-state index in [1.54, 1.807) is 6.92 Å². The Morgan fingerprint density at radius 1 is 1.07 bits per heavy atom. The molecule has 0 aromatic rings. The number of methoxy groups -OCH3 is 2. The number of aliphatic carboxylic acids is 1. The van der Waals surface area contributed by atoms with Crippen LogP contribution in [0.3, 0.4) is 0 Å². The first kappa shape index (κ1) is 38.2. The predicted molar refractivity (Wildman–Crippen MR) is 144 cm³/mol. The monoisotopic (exact) mass is 640 g/mol. The molecule has 17 heteroatoms. The van der Waals surface area contributed by atoms with Gasteiger partial charge in [-0.2, -0.15) is 0 Å². The summed E-state index contributed by atoms with van der Waals surface area (Å²) >= 11 is 0. The molecular formula is C27H46NO16-. The Bertz CT molecular complexity index is 907. The molecule has 1 saturated heterocycles. The summed E-state index contributed by atoms with van der Waals surface area (Å²) in [5.74, 6) is -7.89. The van der Waals surface area contributed by atoms with Gasteiger partial charge in [-0.05, 0) is 6.42 Å². The van der Waals surface area contributed by atoms with Crippen molar-refractivity contribution in [3.63, 3.8) is 0 Å². The van der Waals surface area contributed by atoms with Crippen molar-refractivity contribution in [3.05, 3.63) is 0 Å². The molecule has 2 aliphatic rings. The minimum Gasteiger partial charge on any atom is -0.544 e. The molecule has 0 aromatic carbocycles. The fourth-order valence-corrected chi connectivity index (χ4v) is 5.36. The van der Waals surface area contributed by atoms with Crippen LogP contribution in [-0.2, 0) is 38.0 Å². The van der Waals surface area contributed by atoms with Crippen LogP contribution in [0.5, 0.6) is 0 Å². The van der Waals surface area contributed by atoms with Crippen LogP contribution in [0.25, 0.3) is 0 Å². The lowest BCUT2D eigenvalue weighted by Crippen LogP contribution is -2.65. The standard InChI is InChI=1S/C27H47NO16/c1-14-20(40-3)8-15(22(34)21(14)33)13-43-27(25(36)37)10-18(31)17(24(44-27)23(35)19(32)12-29)9-16(30)11-28-26(38)42-7-6-41-5-4-39-2/h14-15,17-24,29,31-35H,4-13H2,1-3H3,(H,28,38)(H,36,37)/p-1/t14?,15?,17?,18?,19-,20?,21?,22?,23-,24?,27?/m1/s1. The number of alkyl carbamates (subject to hydrolysis) is 1. The van der Waals surface area contributed by atoms with E-state index in [1.807, 2.05) is 0 Å². The average molecular weight is 641 g/mol. The van der Waals surface area contributed by atoms with Crippen LogP contribution in [0.15, 0.2) is 0 Å². The van der Waals surface area contributed by atoms with E-state index < -0.39 is 117 Å². The number of nitrogens with one attached hydrogen (secondary N) is 1. The maximum Gasteiger partial charge on any atom is 0.407 e. The molecule has 0 aromatic heterocycles. The van der Waals surface area contributed by atoms with Gasteiger partial charge in [0.15, 0.2) is 5.78 Å². The van der Waals surface area contributed by atoms with Gasteiger partial charge in [-0.1, -0.05) is 6.92 Å². The van der Waals surface area contributed by atoms with Crippen molar-refractivity contribution < 1.29 is 78.6 Å². The van der Waals surface area contributed by atoms with Crippen molar-refractivity contribution in [1.82, 2.24) is 5.32 Å². The number of hydrogen-bond donors (Lipinski definition) is 7. The third-order valence-electron chi connectivity index (χ3n) is 8.06. The van der Waals surface area contributed by atoms with Gasteiger partial charge >= 0.3 is 6.09 Å². The van der Waals surface area contributed by atoms with E-state index in [0.717, 1.165) is 0 Å². The van der Waals surface area contributed by atoms with Crippen molar-refractivity contribution in [2.24, 2.45) is 17.8 Å². The Kier molecular flexibility index (Phi) is 15.8. The van der Waals surface area contributed by atoms with Crippen molar-refractivity contribution >= 4 is 17.8 Å². The predicted octanol–water partition coefficient (Wildman–Crippen LogP) is -4.33. The zero-order valence-electron chi connectivity index (χ0n) is 25.1. The van der Waals surface area contributed by atoms with E-state index in [9.17, 15) is 50.1 Å². The summed E-state index contributed by atoms with van der Waals surface area (Å²) in [6.45, 7) is 0.319. The number of carboxylic acid groups (broad SMARTS) is 1. The molecule has 1 saturated carbocycles. The topological polar surface area (TPSA) is 263 Å². The van der Waals surface area contributed by atoms with Crippen molar-refractivity contribution in [2.45, 2.75) is 74.7 Å². The van der Waals surface area contributed by atoms with Crippen LogP contribution in [0, 0.1) is 17.8 Å². The summed E-state index contributed by atoms with van der Waals surface area (Å²) in [6, 6.07) is 0. The van der Waals surface area contributed by atoms with Gasteiger partial charge in [0.2, 0.25) is 5.79 Å². The molecule has 1 amide bonds. The second kappa shape index (κ2) is 18.2. The number of ketones is 1. The Labute approximate surface area is 254 Å². The van der Waals surface area contributed by atoms with Crippen LogP contribution in [-0.4, -0.2) is 157 Å². The highest BCUT2D eigenvalue weighted by Gasteiger charge is 2.53. The quantitative estimate of drug-likeness (QED) is 0.0698. The third-order valence-corrected chi connectivity index (χ3v) is 8.06. The van der Waals surface area contributed by atoms with Crippen LogP contribution < -0.4 is 10.4 Å². The maximum atomic E-state index is 12.7. The van der Waals surface area contributed by atoms with E-state index >= 15 is 0 Å². The number of carboxylic acids is 1. The second-order valence-corrected chi connectivity index (χ2v) is 11.1. The maximum absolute atomic E-state index is 12.7. The van der Waals surface area contributed by atoms with Gasteiger partial charge in [0.25, 0.3) is 0 Å². The molecule has 256 valence electrons. The van der Waals surface area contributed by atoms with E-state index in [1.165, 1.54) is 14.2 Å². The van der Waals surface area contributed by atoms with Crippen molar-refractivity contribution in [2.75, 3.05) is 60.4 Å². The molecule has 0 radical (unpaired) electrons. The van der Waals surface area contributed by atoms with E-state index in [0.29, 0.717) is 13.2 Å². The molecule has 0 bridgehead atoms. The summed E-state index contributed by atoms with van der Waals surface area (Å²) in [5.41, 5.74) is 0. The van der Waals surface area contributed by atoms with Gasteiger partial charge in [0.1, 0.15) is 24.8 Å². The molecule has 9 unspecified atom stereocenters. The number of Topliss-reactive ketones (excluding diaryl/α,β-unsaturated/α-hetero) is 1. The van der Waals surface area contributed by atoms with Crippen molar-refractivity contribution in [3.8, 4) is 0 Å². The van der Waals surface area contributed by atoms with E-state index in [-0.39, 0.29) is 19.6 Å². The van der Waals surface area contributed by atoms with E-state index in [4.69, 9.17) is 28.4 Å². The van der Waals surface area contributed by atoms with Gasteiger partial charge in [-0.15, -0.1) is 0 Å². The Morgan fingerprint density at radius 2 is 1.75 bits per heavy atom. The van der Waals surface area contributed by atoms with Gasteiger partial charge in [0.05, 0.1) is 70.1 Å². The first-order valence-corrected chi connectivity index (χ1v) is 14.4. The minimum absolute atomic E-state index is 0.0950. The first-order valence-electron chi connectivity index (χ1n) is 14.4. The largest absolute Gasteiger partial charge is 0.544 e. The number of aliphatic hydroxyl groups excluding tert-OH is 6. The number of carbonyl (C=O) groups excluding carboxylic acids is 3. The molecular weight excluding hydrogens is 594 g/mol.